The van der Waals surface area contributed by atoms with Gasteiger partial charge in [0.25, 0.3) is 0 Å². The molecular formula is C14H22FN. The van der Waals surface area contributed by atoms with E-state index in [9.17, 15) is 4.39 Å². The fourth-order valence-electron chi connectivity index (χ4n) is 2.05. The molecular weight excluding hydrogens is 201 g/mol. The van der Waals surface area contributed by atoms with Crippen LogP contribution in [0.2, 0.25) is 0 Å². The minimum atomic E-state index is -0.178. The van der Waals surface area contributed by atoms with Gasteiger partial charge in [-0.1, -0.05) is 19.9 Å². The van der Waals surface area contributed by atoms with Crippen LogP contribution in [0.5, 0.6) is 0 Å². The van der Waals surface area contributed by atoms with Crippen LogP contribution >= 0.6 is 0 Å². The molecule has 0 aliphatic heterocycles. The zero-order valence-corrected chi connectivity index (χ0v) is 10.7. The number of rotatable bonds is 4. The molecule has 0 radical (unpaired) electrons. The third kappa shape index (κ3) is 3.31. The maximum absolute atomic E-state index is 13.8. The minimum absolute atomic E-state index is 0.159. The molecule has 16 heavy (non-hydrogen) atoms. The number of nitrogens with two attached hydrogens (primary N) is 1. The summed E-state index contributed by atoms with van der Waals surface area (Å²) >= 11 is 0. The molecule has 0 aromatic heterocycles. The predicted octanol–water partition coefficient (Wildman–Crippen LogP) is 3.88. The van der Waals surface area contributed by atoms with Crippen molar-refractivity contribution in [2.45, 2.75) is 46.6 Å². The molecule has 1 aromatic carbocycles. The van der Waals surface area contributed by atoms with E-state index < -0.39 is 0 Å². The van der Waals surface area contributed by atoms with Crippen molar-refractivity contribution >= 4 is 0 Å². The Bertz CT molecular complexity index is 335. The van der Waals surface area contributed by atoms with Gasteiger partial charge in [0, 0.05) is 11.6 Å². The molecule has 0 heterocycles. The maximum atomic E-state index is 13.8. The molecule has 1 atom stereocenters. The average Bonchev–Trinajstić information content (AvgIpc) is 2.12. The van der Waals surface area contributed by atoms with Gasteiger partial charge < -0.3 is 5.73 Å². The number of aryl methyl sites for hydroxylation is 2. The van der Waals surface area contributed by atoms with Crippen LogP contribution < -0.4 is 5.73 Å². The van der Waals surface area contributed by atoms with Crippen molar-refractivity contribution < 1.29 is 4.39 Å². The van der Waals surface area contributed by atoms with Crippen molar-refractivity contribution in [2.24, 2.45) is 11.7 Å². The molecule has 0 fully saturated rings. The predicted molar refractivity (Wildman–Crippen MR) is 66.9 cm³/mol. The Morgan fingerprint density at radius 3 is 2.31 bits per heavy atom. The van der Waals surface area contributed by atoms with Gasteiger partial charge in [-0.3, -0.25) is 0 Å². The Labute approximate surface area is 97.9 Å². The van der Waals surface area contributed by atoms with Crippen LogP contribution in [0.25, 0.3) is 0 Å². The molecule has 1 aromatic rings. The first-order valence-electron chi connectivity index (χ1n) is 5.94. The third-order valence-electron chi connectivity index (χ3n) is 2.91. The number of halogens is 1. The van der Waals surface area contributed by atoms with Gasteiger partial charge in [0.2, 0.25) is 0 Å². The first kappa shape index (κ1) is 13.2. The van der Waals surface area contributed by atoms with E-state index in [1.165, 1.54) is 0 Å². The second kappa shape index (κ2) is 5.44. The molecule has 2 heteroatoms. The number of hydrogen-bond acceptors (Lipinski definition) is 1. The summed E-state index contributed by atoms with van der Waals surface area (Å²) in [5.41, 5.74) is 8.66. The summed E-state index contributed by atoms with van der Waals surface area (Å²) in [7, 11) is 0. The third-order valence-corrected chi connectivity index (χ3v) is 2.91. The molecule has 0 spiro atoms. The molecule has 0 saturated carbocycles. The van der Waals surface area contributed by atoms with Crippen LogP contribution in [0.4, 0.5) is 4.39 Å². The Balaban J connectivity index is 2.86. The highest BCUT2D eigenvalue weighted by Gasteiger charge is 2.15. The molecule has 90 valence electrons. The highest BCUT2D eigenvalue weighted by molar-refractivity contribution is 5.34. The second-order valence-electron chi connectivity index (χ2n) is 5.06. The first-order chi connectivity index (χ1) is 7.41. The van der Waals surface area contributed by atoms with Crippen molar-refractivity contribution in [3.63, 3.8) is 0 Å². The largest absolute Gasteiger partial charge is 0.324 e. The van der Waals surface area contributed by atoms with Gasteiger partial charge in [0.05, 0.1) is 0 Å². The zero-order chi connectivity index (χ0) is 12.3. The highest BCUT2D eigenvalue weighted by atomic mass is 19.1. The van der Waals surface area contributed by atoms with Crippen molar-refractivity contribution in [1.29, 1.82) is 0 Å². The van der Waals surface area contributed by atoms with Crippen molar-refractivity contribution in [3.05, 3.63) is 34.6 Å². The molecule has 2 N–H and O–H groups in total. The summed E-state index contributed by atoms with van der Waals surface area (Å²) in [6, 6.07) is 3.38. The van der Waals surface area contributed by atoms with Crippen molar-refractivity contribution in [3.8, 4) is 0 Å². The molecule has 0 amide bonds. The Morgan fingerprint density at radius 2 is 1.81 bits per heavy atom. The normalized spacial score (nSPS) is 13.2. The lowest BCUT2D eigenvalue weighted by atomic mass is 9.94. The highest BCUT2D eigenvalue weighted by Crippen LogP contribution is 2.25. The fourth-order valence-corrected chi connectivity index (χ4v) is 2.05. The molecule has 1 rings (SSSR count). The van der Waals surface area contributed by atoms with E-state index >= 15 is 0 Å². The lowest BCUT2D eigenvalue weighted by Crippen LogP contribution is -2.14. The molecule has 1 nitrogen and oxygen atoms in total. The maximum Gasteiger partial charge on any atom is 0.128 e. The summed E-state index contributed by atoms with van der Waals surface area (Å²) in [5.74, 6) is 0.452. The van der Waals surface area contributed by atoms with Crippen LogP contribution in [0.3, 0.4) is 0 Å². The van der Waals surface area contributed by atoms with Gasteiger partial charge in [-0.25, -0.2) is 4.39 Å². The van der Waals surface area contributed by atoms with Gasteiger partial charge in [0.1, 0.15) is 5.82 Å². The van der Waals surface area contributed by atoms with E-state index in [2.05, 4.69) is 13.8 Å². The lowest BCUT2D eigenvalue weighted by molar-refractivity contribution is 0.489. The first-order valence-corrected chi connectivity index (χ1v) is 5.94. The van der Waals surface area contributed by atoms with E-state index in [0.717, 1.165) is 24.0 Å². The Hall–Kier alpha value is -0.890. The zero-order valence-electron chi connectivity index (χ0n) is 10.7. The Kier molecular flexibility index (Phi) is 4.48. The molecule has 0 bridgehead atoms. The van der Waals surface area contributed by atoms with Gasteiger partial charge in [-0.05, 0) is 49.8 Å². The van der Waals surface area contributed by atoms with E-state index in [4.69, 9.17) is 5.73 Å². The molecule has 1 unspecified atom stereocenters. The van der Waals surface area contributed by atoms with E-state index in [0.29, 0.717) is 11.5 Å². The number of benzene rings is 1. The van der Waals surface area contributed by atoms with Gasteiger partial charge in [0.15, 0.2) is 0 Å². The minimum Gasteiger partial charge on any atom is -0.324 e. The quantitative estimate of drug-likeness (QED) is 0.823. The van der Waals surface area contributed by atoms with Crippen LogP contribution in [-0.4, -0.2) is 0 Å². The Morgan fingerprint density at radius 1 is 1.19 bits per heavy atom. The standard InChI is InChI=1S/C14H22FN/c1-9(2)5-6-13(16)14-11(4)7-10(3)8-12(14)15/h7-9,13H,5-6,16H2,1-4H3. The van der Waals surface area contributed by atoms with Gasteiger partial charge in [-0.2, -0.15) is 0 Å². The summed E-state index contributed by atoms with van der Waals surface area (Å²) in [6.07, 6.45) is 1.88. The van der Waals surface area contributed by atoms with Crippen LogP contribution in [0.15, 0.2) is 12.1 Å². The molecule has 0 aliphatic rings. The monoisotopic (exact) mass is 223 g/mol. The summed E-state index contributed by atoms with van der Waals surface area (Å²) in [5, 5.41) is 0. The second-order valence-corrected chi connectivity index (χ2v) is 5.06. The van der Waals surface area contributed by atoms with Crippen LogP contribution in [0.1, 0.15) is 49.4 Å². The van der Waals surface area contributed by atoms with E-state index in [1.54, 1.807) is 6.07 Å². The fraction of sp³-hybridized carbons (Fsp3) is 0.571. The molecule has 0 aliphatic carbocycles. The van der Waals surface area contributed by atoms with E-state index in [-0.39, 0.29) is 11.9 Å². The topological polar surface area (TPSA) is 26.0 Å². The summed E-state index contributed by atoms with van der Waals surface area (Å²) in [4.78, 5) is 0. The van der Waals surface area contributed by atoms with E-state index in [1.807, 2.05) is 19.9 Å². The lowest BCUT2D eigenvalue weighted by Gasteiger charge is -2.17. The van der Waals surface area contributed by atoms with Gasteiger partial charge in [-0.15, -0.1) is 0 Å². The SMILES string of the molecule is Cc1cc(C)c(C(N)CCC(C)C)c(F)c1. The molecule has 0 saturated heterocycles. The smallest absolute Gasteiger partial charge is 0.128 e. The van der Waals surface area contributed by atoms with Crippen molar-refractivity contribution in [2.75, 3.05) is 0 Å². The van der Waals surface area contributed by atoms with Crippen LogP contribution in [-0.2, 0) is 0 Å². The average molecular weight is 223 g/mol. The summed E-state index contributed by atoms with van der Waals surface area (Å²) in [6.45, 7) is 8.15. The van der Waals surface area contributed by atoms with Crippen LogP contribution in [0, 0.1) is 25.6 Å². The summed E-state index contributed by atoms with van der Waals surface area (Å²) < 4.78 is 13.8. The van der Waals surface area contributed by atoms with Gasteiger partial charge >= 0.3 is 0 Å². The van der Waals surface area contributed by atoms with Crippen molar-refractivity contribution in [1.82, 2.24) is 0 Å². The number of hydrogen-bond donors (Lipinski definition) is 1.